The van der Waals surface area contributed by atoms with Crippen molar-refractivity contribution in [1.29, 1.82) is 0 Å². The normalized spacial score (nSPS) is 11.9. The Hall–Kier alpha value is -1.63. The molecule has 0 N–H and O–H groups in total. The summed E-state index contributed by atoms with van der Waals surface area (Å²) in [4.78, 5) is 33.7. The third kappa shape index (κ3) is 4.98. The molecule has 6 nitrogen and oxygen atoms in total. The summed E-state index contributed by atoms with van der Waals surface area (Å²) in [5, 5.41) is 0.728. The molecule has 0 saturated carbocycles. The number of rotatable bonds is 6. The van der Waals surface area contributed by atoms with Crippen molar-refractivity contribution in [3.8, 4) is 0 Å². The second-order valence-corrected chi connectivity index (χ2v) is 6.00. The van der Waals surface area contributed by atoms with Gasteiger partial charge in [-0.15, -0.1) is 0 Å². The summed E-state index contributed by atoms with van der Waals surface area (Å²) in [7, 11) is 3.26. The van der Waals surface area contributed by atoms with E-state index in [9.17, 15) is 9.59 Å². The Kier molecular flexibility index (Phi) is 6.80. The van der Waals surface area contributed by atoms with Crippen LogP contribution in [0.2, 0.25) is 0 Å². The van der Waals surface area contributed by atoms with Gasteiger partial charge in [0.2, 0.25) is 0 Å². The third-order valence-corrected chi connectivity index (χ3v) is 3.81. The number of ether oxygens (including phenoxy) is 1. The van der Waals surface area contributed by atoms with E-state index in [1.807, 2.05) is 20.1 Å². The molecule has 0 aliphatic rings. The molecule has 0 unspecified atom stereocenters. The van der Waals surface area contributed by atoms with Crippen LogP contribution in [0.25, 0.3) is 0 Å². The number of aryl methyl sites for hydroxylation is 2. The first-order valence-electron chi connectivity index (χ1n) is 7.05. The maximum atomic E-state index is 11.9. The Morgan fingerprint density at radius 2 is 1.77 bits per heavy atom. The zero-order valence-electron chi connectivity index (χ0n) is 14.0. The van der Waals surface area contributed by atoms with Gasteiger partial charge in [0.1, 0.15) is 0 Å². The summed E-state index contributed by atoms with van der Waals surface area (Å²) in [6, 6.07) is 0. The minimum atomic E-state index is -0.764. The maximum Gasteiger partial charge on any atom is 0.306 e. The Balaban J connectivity index is 2.63. The number of thioether (sulfide) groups is 1. The van der Waals surface area contributed by atoms with E-state index in [1.165, 1.54) is 16.7 Å². The number of amides is 1. The zero-order chi connectivity index (χ0) is 16.9. The molecule has 0 bridgehead atoms. The zero-order valence-corrected chi connectivity index (χ0v) is 14.8. The van der Waals surface area contributed by atoms with Gasteiger partial charge >= 0.3 is 5.97 Å². The van der Waals surface area contributed by atoms with Gasteiger partial charge in [-0.05, 0) is 39.0 Å². The maximum absolute atomic E-state index is 11.9. The molecule has 0 radical (unpaired) electrons. The van der Waals surface area contributed by atoms with Crippen molar-refractivity contribution in [2.24, 2.45) is 0 Å². The molecule has 122 valence electrons. The van der Waals surface area contributed by atoms with Crippen molar-refractivity contribution < 1.29 is 14.3 Å². The molecule has 0 aliphatic carbocycles. The van der Waals surface area contributed by atoms with Crippen LogP contribution in [0.1, 0.15) is 30.3 Å². The fourth-order valence-electron chi connectivity index (χ4n) is 2.06. The monoisotopic (exact) mass is 325 g/mol. The molecule has 1 atom stereocenters. The topological polar surface area (TPSA) is 72.4 Å². The quantitative estimate of drug-likeness (QED) is 0.451. The molecular weight excluding hydrogens is 302 g/mol. The van der Waals surface area contributed by atoms with Crippen molar-refractivity contribution in [2.45, 2.75) is 44.9 Å². The van der Waals surface area contributed by atoms with E-state index in [0.717, 1.165) is 22.1 Å². The van der Waals surface area contributed by atoms with Crippen molar-refractivity contribution in [2.75, 3.05) is 20.4 Å². The summed E-state index contributed by atoms with van der Waals surface area (Å²) in [6.07, 6.45) is 1.87. The van der Waals surface area contributed by atoms with E-state index in [-0.39, 0.29) is 12.3 Å². The summed E-state index contributed by atoms with van der Waals surface area (Å²) >= 11 is 1.49. The highest BCUT2D eigenvalue weighted by molar-refractivity contribution is 7.98. The van der Waals surface area contributed by atoms with Gasteiger partial charge in [0.05, 0.1) is 0 Å². The predicted molar refractivity (Wildman–Crippen MR) is 85.9 cm³/mol. The largest absolute Gasteiger partial charge is 0.453 e. The van der Waals surface area contributed by atoms with Crippen LogP contribution in [-0.4, -0.2) is 53.2 Å². The highest BCUT2D eigenvalue weighted by atomic mass is 32.2. The molecule has 0 fully saturated rings. The fourth-order valence-corrected chi connectivity index (χ4v) is 2.52. The predicted octanol–water partition coefficient (Wildman–Crippen LogP) is 1.77. The smallest absolute Gasteiger partial charge is 0.306 e. The van der Waals surface area contributed by atoms with Gasteiger partial charge in [0.25, 0.3) is 5.91 Å². The van der Waals surface area contributed by atoms with E-state index in [2.05, 4.69) is 9.97 Å². The number of hydrogen-bond acceptors (Lipinski definition) is 6. The number of nitrogens with zero attached hydrogens (tertiary/aromatic N) is 3. The lowest BCUT2D eigenvalue weighted by Gasteiger charge is -2.17. The van der Waals surface area contributed by atoms with Crippen LogP contribution in [0.15, 0.2) is 5.16 Å². The summed E-state index contributed by atoms with van der Waals surface area (Å²) in [5.41, 5.74) is 2.71. The van der Waals surface area contributed by atoms with Crippen LogP contribution in [0.5, 0.6) is 0 Å². The van der Waals surface area contributed by atoms with Crippen LogP contribution in [-0.2, 0) is 20.7 Å². The molecule has 7 heteroatoms. The first-order valence-corrected chi connectivity index (χ1v) is 8.27. The van der Waals surface area contributed by atoms with Crippen molar-refractivity contribution in [3.63, 3.8) is 0 Å². The molecule has 1 rings (SSSR count). The minimum Gasteiger partial charge on any atom is -0.453 e. The average Bonchev–Trinajstić information content (AvgIpc) is 2.44. The number of esters is 1. The minimum absolute atomic E-state index is 0.203. The van der Waals surface area contributed by atoms with Crippen LogP contribution < -0.4 is 0 Å². The molecule has 0 spiro atoms. The standard InChI is InChI=1S/C15H23N3O3S/c1-9-12(10(2)17-15(16-9)22-6)7-8-13(19)21-11(3)14(20)18(4)5/h11H,7-8H2,1-6H3/t11-/m0/s1. The number of hydrogen-bond donors (Lipinski definition) is 0. The summed E-state index contributed by atoms with van der Waals surface area (Å²) in [5.74, 6) is -0.621. The van der Waals surface area contributed by atoms with Gasteiger partial charge < -0.3 is 9.64 Å². The third-order valence-electron chi connectivity index (χ3n) is 3.26. The second-order valence-electron chi connectivity index (χ2n) is 5.22. The molecule has 22 heavy (non-hydrogen) atoms. The lowest BCUT2D eigenvalue weighted by Crippen LogP contribution is -2.34. The fraction of sp³-hybridized carbons (Fsp3) is 0.600. The summed E-state index contributed by atoms with van der Waals surface area (Å²) < 4.78 is 5.14. The molecule has 0 saturated heterocycles. The van der Waals surface area contributed by atoms with E-state index in [0.29, 0.717) is 6.42 Å². The van der Waals surface area contributed by atoms with Crippen molar-refractivity contribution in [3.05, 3.63) is 17.0 Å². The molecule has 0 aromatic carbocycles. The molecule has 0 aliphatic heterocycles. The van der Waals surface area contributed by atoms with Crippen molar-refractivity contribution in [1.82, 2.24) is 14.9 Å². The Labute approximate surface area is 135 Å². The van der Waals surface area contributed by atoms with Crippen LogP contribution in [0, 0.1) is 13.8 Å². The Morgan fingerprint density at radius 1 is 1.23 bits per heavy atom. The van der Waals surface area contributed by atoms with Crippen LogP contribution in [0.3, 0.4) is 0 Å². The number of carbonyl (C=O) groups excluding carboxylic acids is 2. The first kappa shape index (κ1) is 18.4. The van der Waals surface area contributed by atoms with Gasteiger partial charge in [-0.2, -0.15) is 0 Å². The second kappa shape index (κ2) is 8.12. The Bertz CT molecular complexity index is 538. The number of carbonyl (C=O) groups is 2. The SMILES string of the molecule is CSc1nc(C)c(CCC(=O)O[C@@H](C)C(=O)N(C)C)c(C)n1. The van der Waals surface area contributed by atoms with E-state index >= 15 is 0 Å². The van der Waals surface area contributed by atoms with Gasteiger partial charge in [-0.1, -0.05) is 11.8 Å². The average molecular weight is 325 g/mol. The molecular formula is C15H23N3O3S. The van der Waals surface area contributed by atoms with Gasteiger partial charge in [-0.25, -0.2) is 9.97 Å². The van der Waals surface area contributed by atoms with Gasteiger partial charge in [0.15, 0.2) is 11.3 Å². The highest BCUT2D eigenvalue weighted by Gasteiger charge is 2.19. The molecule has 1 aromatic heterocycles. The first-order chi connectivity index (χ1) is 10.3. The Morgan fingerprint density at radius 3 is 2.23 bits per heavy atom. The lowest BCUT2D eigenvalue weighted by molar-refractivity contribution is -0.157. The van der Waals surface area contributed by atoms with E-state index in [1.54, 1.807) is 21.0 Å². The summed E-state index contributed by atoms with van der Waals surface area (Å²) in [6.45, 7) is 5.40. The highest BCUT2D eigenvalue weighted by Crippen LogP contribution is 2.17. The van der Waals surface area contributed by atoms with Crippen molar-refractivity contribution >= 4 is 23.6 Å². The molecule has 1 heterocycles. The molecule has 1 amide bonds. The van der Waals surface area contributed by atoms with Crippen LogP contribution >= 0.6 is 11.8 Å². The van der Waals surface area contributed by atoms with Gasteiger partial charge in [0, 0.05) is 31.9 Å². The van der Waals surface area contributed by atoms with Gasteiger partial charge in [-0.3, -0.25) is 9.59 Å². The van der Waals surface area contributed by atoms with E-state index < -0.39 is 12.1 Å². The van der Waals surface area contributed by atoms with E-state index in [4.69, 9.17) is 4.74 Å². The lowest BCUT2D eigenvalue weighted by atomic mass is 10.1. The number of aromatic nitrogens is 2. The molecule has 1 aromatic rings. The number of likely N-dealkylation sites (N-methyl/N-ethyl adjacent to an activating group) is 1. The van der Waals surface area contributed by atoms with Crippen LogP contribution in [0.4, 0.5) is 0 Å².